The second-order valence-electron chi connectivity index (χ2n) is 3.79. The van der Waals surface area contributed by atoms with Gasteiger partial charge >= 0.3 is 0 Å². The highest BCUT2D eigenvalue weighted by Gasteiger charge is 2.18. The Kier molecular flexibility index (Phi) is 3.19. The summed E-state index contributed by atoms with van der Waals surface area (Å²) in [6, 6.07) is 3.12. The molecule has 1 heterocycles. The van der Waals surface area contributed by atoms with Gasteiger partial charge in [-0.15, -0.1) is 0 Å². The van der Waals surface area contributed by atoms with Crippen molar-refractivity contribution in [3.63, 3.8) is 0 Å². The van der Waals surface area contributed by atoms with Crippen LogP contribution in [0.25, 0.3) is 5.57 Å². The highest BCUT2D eigenvalue weighted by atomic mass is 16.6. The Hall–Kier alpha value is -1.71. The lowest BCUT2D eigenvalue weighted by atomic mass is 10.1. The number of allylic oxidation sites excluding steroid dienone is 1. The molecule has 0 fully saturated rings. The molecule has 0 aliphatic rings. The molecule has 0 amide bonds. The second kappa shape index (κ2) is 4.21. The Labute approximate surface area is 88.8 Å². The van der Waals surface area contributed by atoms with Crippen LogP contribution in [-0.2, 0) is 0 Å². The molecule has 0 N–H and O–H groups in total. The van der Waals surface area contributed by atoms with Gasteiger partial charge in [0.2, 0.25) is 0 Å². The number of pyridine rings is 1. The summed E-state index contributed by atoms with van der Waals surface area (Å²) < 4.78 is 0. The third-order valence-corrected chi connectivity index (χ3v) is 2.08. The fraction of sp³-hybridized carbons (Fsp3) is 0.364. The van der Waals surface area contributed by atoms with Gasteiger partial charge in [-0.3, -0.25) is 10.1 Å². The van der Waals surface area contributed by atoms with Crippen LogP contribution < -0.4 is 0 Å². The van der Waals surface area contributed by atoms with E-state index in [1.807, 2.05) is 20.8 Å². The molecule has 0 aliphatic carbocycles. The maximum atomic E-state index is 10.8. The fourth-order valence-corrected chi connectivity index (χ4v) is 1.28. The predicted octanol–water partition coefficient (Wildman–Crippen LogP) is 3.15. The Morgan fingerprint density at radius 2 is 2.13 bits per heavy atom. The van der Waals surface area contributed by atoms with Gasteiger partial charge in [0.1, 0.15) is 5.69 Å². The maximum absolute atomic E-state index is 10.8. The van der Waals surface area contributed by atoms with Gasteiger partial charge < -0.3 is 0 Å². The third kappa shape index (κ3) is 2.40. The van der Waals surface area contributed by atoms with Crippen LogP contribution >= 0.6 is 0 Å². The zero-order valence-electron chi connectivity index (χ0n) is 9.15. The number of hydrogen-bond acceptors (Lipinski definition) is 3. The molecular weight excluding hydrogens is 192 g/mol. The molecule has 0 bridgehead atoms. The minimum Gasteiger partial charge on any atom is -0.258 e. The lowest BCUT2D eigenvalue weighted by Crippen LogP contribution is -2.02. The SMILES string of the molecule is C=C(C)c1ccc([N+](=O)[O-])c(C(C)C)n1. The molecule has 0 spiro atoms. The van der Waals surface area contributed by atoms with Gasteiger partial charge in [0.25, 0.3) is 5.69 Å². The van der Waals surface area contributed by atoms with Gasteiger partial charge in [-0.1, -0.05) is 20.4 Å². The van der Waals surface area contributed by atoms with Crippen molar-refractivity contribution in [1.29, 1.82) is 0 Å². The smallest absolute Gasteiger partial charge is 0.258 e. The molecule has 0 aromatic carbocycles. The van der Waals surface area contributed by atoms with E-state index in [-0.39, 0.29) is 11.6 Å². The molecule has 0 saturated heterocycles. The molecule has 0 unspecified atom stereocenters. The van der Waals surface area contributed by atoms with Gasteiger partial charge in [0.15, 0.2) is 0 Å². The lowest BCUT2D eigenvalue weighted by molar-refractivity contribution is -0.386. The van der Waals surface area contributed by atoms with E-state index in [0.717, 1.165) is 5.57 Å². The molecule has 80 valence electrons. The van der Waals surface area contributed by atoms with Gasteiger partial charge in [-0.2, -0.15) is 0 Å². The fourth-order valence-electron chi connectivity index (χ4n) is 1.28. The van der Waals surface area contributed by atoms with E-state index in [1.165, 1.54) is 6.07 Å². The average Bonchev–Trinajstić information content (AvgIpc) is 2.16. The highest BCUT2D eigenvalue weighted by Crippen LogP contribution is 2.25. The number of nitrogens with zero attached hydrogens (tertiary/aromatic N) is 2. The number of hydrogen-bond donors (Lipinski definition) is 0. The second-order valence-corrected chi connectivity index (χ2v) is 3.79. The first kappa shape index (κ1) is 11.4. The summed E-state index contributed by atoms with van der Waals surface area (Å²) in [5, 5.41) is 10.8. The van der Waals surface area contributed by atoms with Crippen LogP contribution in [0, 0.1) is 10.1 Å². The Bertz CT molecular complexity index is 411. The van der Waals surface area contributed by atoms with Crippen molar-refractivity contribution in [2.45, 2.75) is 26.7 Å². The van der Waals surface area contributed by atoms with Crippen LogP contribution in [0.5, 0.6) is 0 Å². The molecule has 1 aromatic rings. The normalized spacial score (nSPS) is 10.4. The van der Waals surface area contributed by atoms with Crippen molar-refractivity contribution in [3.05, 3.63) is 40.2 Å². The molecular formula is C11H14N2O2. The van der Waals surface area contributed by atoms with Crippen molar-refractivity contribution in [3.8, 4) is 0 Å². The summed E-state index contributed by atoms with van der Waals surface area (Å²) >= 11 is 0. The largest absolute Gasteiger partial charge is 0.291 e. The first-order chi connectivity index (χ1) is 6.93. The first-order valence-corrected chi connectivity index (χ1v) is 4.74. The summed E-state index contributed by atoms with van der Waals surface area (Å²) in [5.74, 6) is 0.0321. The molecule has 0 atom stereocenters. The summed E-state index contributed by atoms with van der Waals surface area (Å²) in [6.07, 6.45) is 0. The number of nitro groups is 1. The Balaban J connectivity index is 3.33. The number of aromatic nitrogens is 1. The summed E-state index contributed by atoms with van der Waals surface area (Å²) in [4.78, 5) is 14.6. The topological polar surface area (TPSA) is 56.0 Å². The molecule has 1 rings (SSSR count). The zero-order chi connectivity index (χ0) is 11.6. The van der Waals surface area contributed by atoms with Crippen LogP contribution in [0.2, 0.25) is 0 Å². The van der Waals surface area contributed by atoms with Gasteiger partial charge in [0, 0.05) is 12.0 Å². The number of rotatable bonds is 3. The van der Waals surface area contributed by atoms with E-state index in [1.54, 1.807) is 6.07 Å². The van der Waals surface area contributed by atoms with E-state index in [4.69, 9.17) is 0 Å². The van der Waals surface area contributed by atoms with E-state index in [2.05, 4.69) is 11.6 Å². The van der Waals surface area contributed by atoms with E-state index in [0.29, 0.717) is 11.4 Å². The molecule has 15 heavy (non-hydrogen) atoms. The molecule has 4 nitrogen and oxygen atoms in total. The van der Waals surface area contributed by atoms with Gasteiger partial charge in [-0.05, 0) is 18.6 Å². The maximum Gasteiger partial charge on any atom is 0.291 e. The van der Waals surface area contributed by atoms with Crippen LogP contribution in [0.3, 0.4) is 0 Å². The minimum atomic E-state index is -0.398. The molecule has 4 heteroatoms. The lowest BCUT2D eigenvalue weighted by Gasteiger charge is -2.07. The van der Waals surface area contributed by atoms with Crippen LogP contribution in [0.1, 0.15) is 38.1 Å². The molecule has 0 radical (unpaired) electrons. The van der Waals surface area contributed by atoms with Crippen LogP contribution in [0.15, 0.2) is 18.7 Å². The van der Waals surface area contributed by atoms with E-state index >= 15 is 0 Å². The Morgan fingerprint density at radius 3 is 2.53 bits per heavy atom. The van der Waals surface area contributed by atoms with Gasteiger partial charge in [0.05, 0.1) is 10.6 Å². The third-order valence-electron chi connectivity index (χ3n) is 2.08. The van der Waals surface area contributed by atoms with E-state index in [9.17, 15) is 10.1 Å². The Morgan fingerprint density at radius 1 is 1.53 bits per heavy atom. The van der Waals surface area contributed by atoms with Gasteiger partial charge in [-0.25, -0.2) is 4.98 Å². The standard InChI is InChI=1S/C11H14N2O2/c1-7(2)9-5-6-10(13(14)15)11(12-9)8(3)4/h5-6,8H,1H2,2-4H3. The van der Waals surface area contributed by atoms with Crippen molar-refractivity contribution in [2.75, 3.05) is 0 Å². The monoisotopic (exact) mass is 206 g/mol. The molecule has 0 aliphatic heterocycles. The van der Waals surface area contributed by atoms with Crippen molar-refractivity contribution in [2.24, 2.45) is 0 Å². The first-order valence-electron chi connectivity index (χ1n) is 4.74. The van der Waals surface area contributed by atoms with Crippen molar-refractivity contribution >= 4 is 11.3 Å². The van der Waals surface area contributed by atoms with Crippen molar-refractivity contribution in [1.82, 2.24) is 4.98 Å². The van der Waals surface area contributed by atoms with E-state index < -0.39 is 4.92 Å². The predicted molar refractivity (Wildman–Crippen MR) is 59.7 cm³/mol. The quantitative estimate of drug-likeness (QED) is 0.563. The summed E-state index contributed by atoms with van der Waals surface area (Å²) in [6.45, 7) is 9.37. The summed E-state index contributed by atoms with van der Waals surface area (Å²) in [5.41, 5.74) is 2.12. The van der Waals surface area contributed by atoms with Crippen LogP contribution in [-0.4, -0.2) is 9.91 Å². The van der Waals surface area contributed by atoms with Crippen molar-refractivity contribution < 1.29 is 4.92 Å². The minimum absolute atomic E-state index is 0.0321. The van der Waals surface area contributed by atoms with Crippen LogP contribution in [0.4, 0.5) is 5.69 Å². The average molecular weight is 206 g/mol. The zero-order valence-corrected chi connectivity index (χ0v) is 9.15. The summed E-state index contributed by atoms with van der Waals surface area (Å²) in [7, 11) is 0. The molecule has 0 saturated carbocycles. The molecule has 1 aromatic heterocycles. The highest BCUT2D eigenvalue weighted by molar-refractivity contribution is 5.59.